The number of nitrogens with one attached hydrogen (secondary N) is 2. The summed E-state index contributed by atoms with van der Waals surface area (Å²) in [5.41, 5.74) is -0.127. The third-order valence-electron chi connectivity index (χ3n) is 3.60. The smallest absolute Gasteiger partial charge is 0.408 e. The lowest BCUT2D eigenvalue weighted by atomic mass is 10.1. The van der Waals surface area contributed by atoms with Crippen molar-refractivity contribution in [1.29, 1.82) is 0 Å². The van der Waals surface area contributed by atoms with E-state index >= 15 is 0 Å². The van der Waals surface area contributed by atoms with Crippen molar-refractivity contribution in [3.8, 4) is 0 Å². The first-order valence-corrected chi connectivity index (χ1v) is 8.54. The number of carbonyl (C=O) groups is 3. The van der Waals surface area contributed by atoms with Crippen molar-refractivity contribution in [2.45, 2.75) is 38.8 Å². The van der Waals surface area contributed by atoms with E-state index in [4.69, 9.17) is 4.74 Å². The first-order valence-electron chi connectivity index (χ1n) is 8.54. The number of hydrogen-bond acceptors (Lipinski definition) is 5. The molecule has 0 radical (unpaired) electrons. The van der Waals surface area contributed by atoms with E-state index in [1.807, 2.05) is 36.4 Å². The maximum atomic E-state index is 12.3. The molecule has 0 saturated carbocycles. The zero-order valence-corrected chi connectivity index (χ0v) is 15.9. The van der Waals surface area contributed by atoms with Gasteiger partial charge >= 0.3 is 12.1 Å². The molecule has 144 valence electrons. The molecule has 2 aromatic rings. The SMILES string of the molecule is COC(=O)[C@H](CC(=O)Nc1ccc2ccccc2c1)NC(=O)OC(C)(C)C. The second kappa shape index (κ2) is 8.53. The fourth-order valence-corrected chi connectivity index (χ4v) is 2.45. The second-order valence-corrected chi connectivity index (χ2v) is 7.04. The third-order valence-corrected chi connectivity index (χ3v) is 3.60. The molecule has 1 atom stereocenters. The molecule has 0 aromatic heterocycles. The van der Waals surface area contributed by atoms with E-state index in [2.05, 4.69) is 15.4 Å². The van der Waals surface area contributed by atoms with Crippen LogP contribution in [0.5, 0.6) is 0 Å². The monoisotopic (exact) mass is 372 g/mol. The number of benzene rings is 2. The van der Waals surface area contributed by atoms with E-state index in [1.165, 1.54) is 7.11 Å². The lowest BCUT2D eigenvalue weighted by molar-refractivity contribution is -0.144. The van der Waals surface area contributed by atoms with Gasteiger partial charge in [0.1, 0.15) is 11.6 Å². The Morgan fingerprint density at radius 1 is 1.04 bits per heavy atom. The Bertz CT molecular complexity index is 842. The van der Waals surface area contributed by atoms with Crippen molar-refractivity contribution >= 4 is 34.4 Å². The highest BCUT2D eigenvalue weighted by molar-refractivity contribution is 5.97. The highest BCUT2D eigenvalue weighted by Gasteiger charge is 2.27. The van der Waals surface area contributed by atoms with Crippen molar-refractivity contribution in [3.05, 3.63) is 42.5 Å². The van der Waals surface area contributed by atoms with Gasteiger partial charge in [0.15, 0.2) is 0 Å². The van der Waals surface area contributed by atoms with E-state index in [0.717, 1.165) is 10.8 Å². The van der Waals surface area contributed by atoms with Crippen molar-refractivity contribution in [2.75, 3.05) is 12.4 Å². The Morgan fingerprint density at radius 2 is 1.70 bits per heavy atom. The molecule has 2 amide bonds. The molecule has 0 spiro atoms. The summed E-state index contributed by atoms with van der Waals surface area (Å²) in [5, 5.41) is 7.13. The Morgan fingerprint density at radius 3 is 2.33 bits per heavy atom. The van der Waals surface area contributed by atoms with E-state index in [-0.39, 0.29) is 6.42 Å². The number of ether oxygens (including phenoxy) is 2. The summed E-state index contributed by atoms with van der Waals surface area (Å²) in [6.45, 7) is 5.10. The molecule has 27 heavy (non-hydrogen) atoms. The van der Waals surface area contributed by atoms with Gasteiger partial charge < -0.3 is 20.1 Å². The third kappa shape index (κ3) is 6.29. The van der Waals surface area contributed by atoms with Gasteiger partial charge in [-0.2, -0.15) is 0 Å². The number of carbonyl (C=O) groups excluding carboxylic acids is 3. The molecule has 2 aromatic carbocycles. The predicted octanol–water partition coefficient (Wildman–Crippen LogP) is 3.23. The molecule has 7 heteroatoms. The summed E-state index contributed by atoms with van der Waals surface area (Å²) < 4.78 is 9.78. The molecule has 0 bridgehead atoms. The first kappa shape index (κ1) is 20.2. The molecule has 2 N–H and O–H groups in total. The molecular weight excluding hydrogens is 348 g/mol. The lowest BCUT2D eigenvalue weighted by Gasteiger charge is -2.22. The Labute approximate surface area is 158 Å². The van der Waals surface area contributed by atoms with Crippen molar-refractivity contribution < 1.29 is 23.9 Å². The molecule has 7 nitrogen and oxygen atoms in total. The van der Waals surface area contributed by atoms with E-state index < -0.39 is 29.6 Å². The summed E-state index contributed by atoms with van der Waals surface area (Å²) >= 11 is 0. The maximum Gasteiger partial charge on any atom is 0.408 e. The van der Waals surface area contributed by atoms with Crippen molar-refractivity contribution in [3.63, 3.8) is 0 Å². The van der Waals surface area contributed by atoms with Gasteiger partial charge in [0, 0.05) is 5.69 Å². The molecule has 0 saturated heterocycles. The van der Waals surface area contributed by atoms with Crippen LogP contribution in [-0.4, -0.2) is 36.7 Å². The molecular formula is C20H24N2O5. The van der Waals surface area contributed by atoms with Crippen LogP contribution in [0.4, 0.5) is 10.5 Å². The fraction of sp³-hybridized carbons (Fsp3) is 0.350. The Balaban J connectivity index is 2.03. The Kier molecular flexibility index (Phi) is 6.39. The van der Waals surface area contributed by atoms with Crippen LogP contribution in [0.1, 0.15) is 27.2 Å². The van der Waals surface area contributed by atoms with Gasteiger partial charge in [0.2, 0.25) is 5.91 Å². The quantitative estimate of drug-likeness (QED) is 0.786. The van der Waals surface area contributed by atoms with Crippen LogP contribution in [0.25, 0.3) is 10.8 Å². The molecule has 0 fully saturated rings. The average Bonchev–Trinajstić information content (AvgIpc) is 2.58. The average molecular weight is 372 g/mol. The fourth-order valence-electron chi connectivity index (χ4n) is 2.45. The Hall–Kier alpha value is -3.09. The second-order valence-electron chi connectivity index (χ2n) is 7.04. The molecule has 0 aliphatic heterocycles. The number of alkyl carbamates (subject to hydrolysis) is 1. The van der Waals surface area contributed by atoms with Gasteiger partial charge in [-0.3, -0.25) is 4.79 Å². The number of methoxy groups -OCH3 is 1. The van der Waals surface area contributed by atoms with Crippen LogP contribution < -0.4 is 10.6 Å². The van der Waals surface area contributed by atoms with Crippen molar-refractivity contribution in [2.24, 2.45) is 0 Å². The number of esters is 1. The summed E-state index contributed by atoms with van der Waals surface area (Å²) in [4.78, 5) is 36.1. The van der Waals surface area contributed by atoms with Crippen LogP contribution in [0.15, 0.2) is 42.5 Å². The molecule has 2 rings (SSSR count). The topological polar surface area (TPSA) is 93.7 Å². The highest BCUT2D eigenvalue weighted by atomic mass is 16.6. The van der Waals surface area contributed by atoms with E-state index in [9.17, 15) is 14.4 Å². The van der Waals surface area contributed by atoms with Crippen molar-refractivity contribution in [1.82, 2.24) is 5.32 Å². The standard InChI is InChI=1S/C20H24N2O5/c1-20(2,3)27-19(25)22-16(18(24)26-4)12-17(23)21-15-10-9-13-7-5-6-8-14(13)11-15/h5-11,16H,12H2,1-4H3,(H,21,23)(H,22,25)/t16-/m0/s1. The highest BCUT2D eigenvalue weighted by Crippen LogP contribution is 2.19. The van der Waals surface area contributed by atoms with Gasteiger partial charge in [0.25, 0.3) is 0 Å². The predicted molar refractivity (Wildman–Crippen MR) is 102 cm³/mol. The first-order chi connectivity index (χ1) is 12.7. The van der Waals surface area contributed by atoms with E-state index in [0.29, 0.717) is 5.69 Å². The minimum Gasteiger partial charge on any atom is -0.467 e. The molecule has 0 unspecified atom stereocenters. The van der Waals surface area contributed by atoms with Crippen LogP contribution in [0.3, 0.4) is 0 Å². The summed E-state index contributed by atoms with van der Waals surface area (Å²) in [6, 6.07) is 12.1. The zero-order chi connectivity index (χ0) is 20.0. The normalized spacial score (nSPS) is 12.1. The number of amides is 2. The molecule has 0 aliphatic carbocycles. The number of hydrogen-bond donors (Lipinski definition) is 2. The van der Waals surface area contributed by atoms with Crippen LogP contribution in [0.2, 0.25) is 0 Å². The summed E-state index contributed by atoms with van der Waals surface area (Å²) in [6.07, 6.45) is -1.07. The van der Waals surface area contributed by atoms with Gasteiger partial charge in [-0.05, 0) is 43.7 Å². The molecule has 0 heterocycles. The maximum absolute atomic E-state index is 12.3. The number of rotatable bonds is 5. The van der Waals surface area contributed by atoms with E-state index in [1.54, 1.807) is 26.8 Å². The van der Waals surface area contributed by atoms with Gasteiger partial charge in [-0.1, -0.05) is 30.3 Å². The zero-order valence-electron chi connectivity index (χ0n) is 15.9. The van der Waals surface area contributed by atoms with Gasteiger partial charge in [0.05, 0.1) is 13.5 Å². The summed E-state index contributed by atoms with van der Waals surface area (Å²) in [5.74, 6) is -1.16. The lowest BCUT2D eigenvalue weighted by Crippen LogP contribution is -2.45. The van der Waals surface area contributed by atoms with Gasteiger partial charge in [-0.25, -0.2) is 9.59 Å². The largest absolute Gasteiger partial charge is 0.467 e. The summed E-state index contributed by atoms with van der Waals surface area (Å²) in [7, 11) is 1.19. The number of anilines is 1. The van der Waals surface area contributed by atoms with Gasteiger partial charge in [-0.15, -0.1) is 0 Å². The van der Waals surface area contributed by atoms with Crippen LogP contribution in [-0.2, 0) is 19.1 Å². The van der Waals surface area contributed by atoms with Crippen LogP contribution >= 0.6 is 0 Å². The number of fused-ring (bicyclic) bond motifs is 1. The minimum absolute atomic E-state index is 0.279. The molecule has 0 aliphatic rings. The van der Waals surface area contributed by atoms with Crippen LogP contribution in [0, 0.1) is 0 Å². The minimum atomic E-state index is -1.15.